The van der Waals surface area contributed by atoms with Crippen LogP contribution in [0.3, 0.4) is 0 Å². The molecule has 3 aromatic rings. The Morgan fingerprint density at radius 3 is 2.46 bits per heavy atom. The maximum absolute atomic E-state index is 11.8. The van der Waals surface area contributed by atoms with Gasteiger partial charge in [-0.05, 0) is 61.4 Å². The van der Waals surface area contributed by atoms with Crippen molar-refractivity contribution in [3.05, 3.63) is 64.5 Å². The molecule has 0 radical (unpaired) electrons. The van der Waals surface area contributed by atoms with Gasteiger partial charge < -0.3 is 13.9 Å². The van der Waals surface area contributed by atoms with Gasteiger partial charge in [0.05, 0.1) is 0 Å². The highest BCUT2D eigenvalue weighted by Gasteiger charge is 2.11. The van der Waals surface area contributed by atoms with Gasteiger partial charge >= 0.3 is 5.97 Å². The van der Waals surface area contributed by atoms with Crippen LogP contribution >= 0.6 is 11.6 Å². The molecule has 1 heterocycles. The number of carbonyl (C=O) groups is 1. The molecule has 0 aliphatic heterocycles. The molecule has 6 nitrogen and oxygen atoms in total. The molecule has 0 bridgehead atoms. The van der Waals surface area contributed by atoms with Gasteiger partial charge in [-0.2, -0.15) is 0 Å². The highest BCUT2D eigenvalue weighted by atomic mass is 35.5. The minimum absolute atomic E-state index is 0.115. The Labute approximate surface area is 155 Å². The maximum atomic E-state index is 11.8. The molecule has 0 N–H and O–H groups in total. The van der Waals surface area contributed by atoms with E-state index in [4.69, 9.17) is 25.5 Å². The third-order valence-corrected chi connectivity index (χ3v) is 3.72. The zero-order valence-electron chi connectivity index (χ0n) is 14.4. The minimum atomic E-state index is -0.518. The van der Waals surface area contributed by atoms with Crippen molar-refractivity contribution in [1.82, 2.24) is 10.2 Å². The van der Waals surface area contributed by atoms with Crippen LogP contribution in [-0.2, 0) is 16.1 Å². The van der Waals surface area contributed by atoms with E-state index in [9.17, 15) is 4.79 Å². The summed E-state index contributed by atoms with van der Waals surface area (Å²) in [6, 6.07) is 12.7. The molecule has 0 fully saturated rings. The average Bonchev–Trinajstić information content (AvgIpc) is 3.07. The van der Waals surface area contributed by atoms with Crippen molar-refractivity contribution in [2.75, 3.05) is 6.61 Å². The maximum Gasteiger partial charge on any atom is 0.344 e. The van der Waals surface area contributed by atoms with Gasteiger partial charge in [0.25, 0.3) is 5.89 Å². The number of hydrogen-bond donors (Lipinski definition) is 0. The smallest absolute Gasteiger partial charge is 0.344 e. The van der Waals surface area contributed by atoms with Crippen LogP contribution in [-0.4, -0.2) is 22.8 Å². The van der Waals surface area contributed by atoms with Gasteiger partial charge in [-0.3, -0.25) is 0 Å². The van der Waals surface area contributed by atoms with E-state index < -0.39 is 5.97 Å². The largest absolute Gasteiger partial charge is 0.482 e. The molecule has 0 aliphatic carbocycles. The van der Waals surface area contributed by atoms with Gasteiger partial charge in [0.2, 0.25) is 5.89 Å². The Hall–Kier alpha value is -2.86. The molecule has 26 heavy (non-hydrogen) atoms. The molecule has 0 atom stereocenters. The lowest BCUT2D eigenvalue weighted by Gasteiger charge is -2.07. The van der Waals surface area contributed by atoms with Crippen molar-refractivity contribution >= 4 is 17.6 Å². The number of esters is 1. The second kappa shape index (κ2) is 8.01. The van der Waals surface area contributed by atoms with E-state index in [-0.39, 0.29) is 19.1 Å². The van der Waals surface area contributed by atoms with Crippen LogP contribution < -0.4 is 4.74 Å². The molecule has 0 saturated heterocycles. The monoisotopic (exact) mass is 372 g/mol. The first-order chi connectivity index (χ1) is 12.5. The summed E-state index contributed by atoms with van der Waals surface area (Å²) in [4.78, 5) is 11.8. The quantitative estimate of drug-likeness (QED) is 0.606. The fourth-order valence-corrected chi connectivity index (χ4v) is 2.49. The Balaban J connectivity index is 1.51. The second-order valence-electron chi connectivity index (χ2n) is 5.78. The molecule has 3 rings (SSSR count). The molecular weight excluding hydrogens is 356 g/mol. The summed E-state index contributed by atoms with van der Waals surface area (Å²) in [5.41, 5.74) is 2.86. The van der Waals surface area contributed by atoms with E-state index >= 15 is 0 Å². The summed E-state index contributed by atoms with van der Waals surface area (Å²) in [5.74, 6) is 0.645. The summed E-state index contributed by atoms with van der Waals surface area (Å²) in [5, 5.41) is 8.40. The summed E-state index contributed by atoms with van der Waals surface area (Å²) in [7, 11) is 0. The highest BCUT2D eigenvalue weighted by molar-refractivity contribution is 6.30. The predicted molar refractivity (Wildman–Crippen MR) is 96.0 cm³/mol. The normalized spacial score (nSPS) is 10.6. The molecule has 134 valence electrons. The van der Waals surface area contributed by atoms with Crippen molar-refractivity contribution in [1.29, 1.82) is 0 Å². The lowest BCUT2D eigenvalue weighted by molar-refractivity contribution is -0.148. The number of carbonyl (C=O) groups excluding carboxylic acids is 1. The number of ether oxygens (including phenoxy) is 2. The molecule has 2 aromatic carbocycles. The number of aryl methyl sites for hydroxylation is 2. The van der Waals surface area contributed by atoms with Gasteiger partial charge in [0.15, 0.2) is 13.2 Å². The Morgan fingerprint density at radius 1 is 1.08 bits per heavy atom. The first kappa shape index (κ1) is 17.9. The summed E-state index contributed by atoms with van der Waals surface area (Å²) < 4.78 is 16.0. The van der Waals surface area contributed by atoms with E-state index in [1.54, 1.807) is 24.3 Å². The summed E-state index contributed by atoms with van der Waals surface area (Å²) in [6.45, 7) is 3.62. The van der Waals surface area contributed by atoms with Crippen LogP contribution in [0.1, 0.15) is 17.0 Å². The number of aromatic nitrogens is 2. The van der Waals surface area contributed by atoms with Gasteiger partial charge in [-0.1, -0.05) is 17.7 Å². The Morgan fingerprint density at radius 2 is 1.77 bits per heavy atom. The molecule has 0 spiro atoms. The number of rotatable bonds is 6. The van der Waals surface area contributed by atoms with E-state index in [0.717, 1.165) is 16.7 Å². The fourth-order valence-electron chi connectivity index (χ4n) is 2.36. The SMILES string of the molecule is Cc1cc(C)cc(OCC(=O)OCc2nnc(-c3ccc(Cl)cc3)o2)c1. The van der Waals surface area contributed by atoms with Crippen LogP contribution in [0.15, 0.2) is 46.9 Å². The van der Waals surface area contributed by atoms with E-state index in [1.807, 2.05) is 32.0 Å². The van der Waals surface area contributed by atoms with Crippen molar-refractivity contribution < 1.29 is 18.7 Å². The second-order valence-corrected chi connectivity index (χ2v) is 6.22. The summed E-state index contributed by atoms with van der Waals surface area (Å²) in [6.07, 6.45) is 0. The molecule has 1 aromatic heterocycles. The van der Waals surface area contributed by atoms with E-state index in [1.165, 1.54) is 0 Å². The van der Waals surface area contributed by atoms with Gasteiger partial charge in [-0.25, -0.2) is 4.79 Å². The lowest BCUT2D eigenvalue weighted by Crippen LogP contribution is -2.15. The number of nitrogens with zero attached hydrogens (tertiary/aromatic N) is 2. The van der Waals surface area contributed by atoms with Crippen molar-refractivity contribution in [3.63, 3.8) is 0 Å². The first-order valence-corrected chi connectivity index (χ1v) is 8.32. The van der Waals surface area contributed by atoms with Crippen LogP contribution in [0.5, 0.6) is 5.75 Å². The molecule has 0 amide bonds. The van der Waals surface area contributed by atoms with E-state index in [0.29, 0.717) is 16.7 Å². The molecule has 0 aliphatic rings. The topological polar surface area (TPSA) is 74.5 Å². The molecular formula is C19H17ClN2O4. The van der Waals surface area contributed by atoms with Gasteiger partial charge in [-0.15, -0.1) is 10.2 Å². The lowest BCUT2D eigenvalue weighted by atomic mass is 10.1. The standard InChI is InChI=1S/C19H17ClN2O4/c1-12-7-13(2)9-16(8-12)24-11-18(23)25-10-17-21-22-19(26-17)14-3-5-15(20)6-4-14/h3-9H,10-11H2,1-2H3. The van der Waals surface area contributed by atoms with Gasteiger partial charge in [0.1, 0.15) is 5.75 Å². The van der Waals surface area contributed by atoms with Crippen molar-refractivity contribution in [2.24, 2.45) is 0 Å². The molecule has 7 heteroatoms. The molecule has 0 saturated carbocycles. The van der Waals surface area contributed by atoms with Crippen LogP contribution in [0.4, 0.5) is 0 Å². The third kappa shape index (κ3) is 4.83. The highest BCUT2D eigenvalue weighted by Crippen LogP contribution is 2.20. The van der Waals surface area contributed by atoms with Crippen LogP contribution in [0.25, 0.3) is 11.5 Å². The number of benzene rings is 2. The number of halogens is 1. The van der Waals surface area contributed by atoms with Crippen molar-refractivity contribution in [2.45, 2.75) is 20.5 Å². The van der Waals surface area contributed by atoms with Crippen LogP contribution in [0, 0.1) is 13.8 Å². The zero-order chi connectivity index (χ0) is 18.5. The number of hydrogen-bond acceptors (Lipinski definition) is 6. The Bertz CT molecular complexity index is 886. The Kier molecular flexibility index (Phi) is 5.53. The zero-order valence-corrected chi connectivity index (χ0v) is 15.1. The minimum Gasteiger partial charge on any atom is -0.482 e. The third-order valence-electron chi connectivity index (χ3n) is 3.47. The fraction of sp³-hybridized carbons (Fsp3) is 0.211. The average molecular weight is 373 g/mol. The van der Waals surface area contributed by atoms with Gasteiger partial charge in [0, 0.05) is 10.6 Å². The molecule has 0 unspecified atom stereocenters. The van der Waals surface area contributed by atoms with E-state index in [2.05, 4.69) is 10.2 Å². The van der Waals surface area contributed by atoms with Crippen molar-refractivity contribution in [3.8, 4) is 17.2 Å². The predicted octanol–water partition coefficient (Wildman–Crippen LogP) is 4.13. The van der Waals surface area contributed by atoms with Crippen LogP contribution in [0.2, 0.25) is 5.02 Å². The first-order valence-electron chi connectivity index (χ1n) is 7.94. The summed E-state index contributed by atoms with van der Waals surface area (Å²) >= 11 is 5.84.